The van der Waals surface area contributed by atoms with Crippen molar-refractivity contribution in [3.05, 3.63) is 247 Å². The van der Waals surface area contributed by atoms with E-state index in [1.165, 1.54) is 55.3 Å². The number of aryl methyl sites for hydroxylation is 4. The lowest BCUT2D eigenvalue weighted by Crippen LogP contribution is -2.02. The molecule has 0 saturated carbocycles. The van der Waals surface area contributed by atoms with E-state index in [9.17, 15) is 0 Å². The first-order chi connectivity index (χ1) is 34.8. The fraction of sp³-hybridized carbons (Fsp3) is 0.0606. The fourth-order valence-electron chi connectivity index (χ4n) is 10.1. The Kier molecular flexibility index (Phi) is 11.0. The van der Waals surface area contributed by atoms with E-state index < -0.39 is 0 Å². The van der Waals surface area contributed by atoms with Crippen molar-refractivity contribution in [2.75, 3.05) is 0 Å². The molecule has 0 N–H and O–H groups in total. The van der Waals surface area contributed by atoms with Crippen LogP contribution in [0.25, 0.3) is 118 Å². The van der Waals surface area contributed by atoms with Gasteiger partial charge in [-0.25, -0.2) is 19.9 Å². The van der Waals surface area contributed by atoms with Crippen LogP contribution in [-0.2, 0) is 0 Å². The monoisotopic (exact) mass is 911 g/mol. The number of rotatable bonds is 9. The summed E-state index contributed by atoms with van der Waals surface area (Å²) in [5.41, 5.74) is 22.1. The highest BCUT2D eigenvalue weighted by Gasteiger charge is 2.22. The van der Waals surface area contributed by atoms with Crippen LogP contribution in [0.15, 0.2) is 224 Å². The van der Waals surface area contributed by atoms with Crippen LogP contribution >= 0.6 is 0 Å². The molecule has 0 saturated heterocycles. The second-order valence-corrected chi connectivity index (χ2v) is 18.6. The number of nitrogens with zero attached hydrogens (tertiary/aromatic N) is 5. The van der Waals surface area contributed by atoms with E-state index in [1.54, 1.807) is 0 Å². The second-order valence-electron chi connectivity index (χ2n) is 18.6. The van der Waals surface area contributed by atoms with Gasteiger partial charge in [0.25, 0.3) is 0 Å². The Labute approximate surface area is 414 Å². The summed E-state index contributed by atoms with van der Waals surface area (Å²) in [6.45, 7) is 8.73. The molecular formula is C66H49N5. The third-order valence-corrected chi connectivity index (χ3v) is 13.6. The molecule has 5 heteroatoms. The summed E-state index contributed by atoms with van der Waals surface area (Å²) in [4.78, 5) is 21.3. The molecule has 0 amide bonds. The van der Waals surface area contributed by atoms with Gasteiger partial charge in [-0.15, -0.1) is 0 Å². The highest BCUT2D eigenvalue weighted by atomic mass is 15.0. The third-order valence-electron chi connectivity index (χ3n) is 13.6. The summed E-state index contributed by atoms with van der Waals surface area (Å²) in [6, 6.07) is 79.5. The summed E-state index contributed by atoms with van der Waals surface area (Å²) in [5, 5.41) is 2.34. The molecule has 0 spiro atoms. The van der Waals surface area contributed by atoms with Crippen LogP contribution in [0.5, 0.6) is 0 Å². The molecule has 338 valence electrons. The summed E-state index contributed by atoms with van der Waals surface area (Å²) in [5.74, 6) is 1.27. The summed E-state index contributed by atoms with van der Waals surface area (Å²) in [7, 11) is 0. The first-order valence-electron chi connectivity index (χ1n) is 24.2. The lowest BCUT2D eigenvalue weighted by atomic mass is 9.95. The Balaban J connectivity index is 1.15. The number of aromatic nitrogens is 5. The molecule has 0 aliphatic carbocycles. The highest BCUT2D eigenvalue weighted by molar-refractivity contribution is 6.12. The Hall–Kier alpha value is -9.06. The summed E-state index contributed by atoms with van der Waals surface area (Å²) in [6.07, 6.45) is 0. The van der Waals surface area contributed by atoms with Crippen molar-refractivity contribution < 1.29 is 0 Å². The number of benzene rings is 9. The molecule has 0 aliphatic heterocycles. The van der Waals surface area contributed by atoms with Gasteiger partial charge in [-0.3, -0.25) is 0 Å². The van der Waals surface area contributed by atoms with Gasteiger partial charge in [-0.2, -0.15) is 0 Å². The van der Waals surface area contributed by atoms with Crippen molar-refractivity contribution >= 4 is 21.8 Å². The van der Waals surface area contributed by atoms with E-state index in [2.05, 4.69) is 220 Å². The first-order valence-corrected chi connectivity index (χ1v) is 24.2. The van der Waals surface area contributed by atoms with Gasteiger partial charge < -0.3 is 4.57 Å². The molecule has 9 aromatic carbocycles. The van der Waals surface area contributed by atoms with Gasteiger partial charge in [0.1, 0.15) is 0 Å². The topological polar surface area (TPSA) is 56.5 Å². The number of fused-ring (bicyclic) bond motifs is 3. The van der Waals surface area contributed by atoms with Crippen molar-refractivity contribution in [2.45, 2.75) is 27.7 Å². The molecule has 0 aliphatic rings. The van der Waals surface area contributed by atoms with Crippen molar-refractivity contribution in [2.24, 2.45) is 0 Å². The molecule has 3 heterocycles. The molecule has 12 aromatic rings. The third kappa shape index (κ3) is 8.28. The van der Waals surface area contributed by atoms with Crippen molar-refractivity contribution in [3.8, 4) is 95.7 Å². The highest BCUT2D eigenvalue weighted by Crippen LogP contribution is 2.42. The molecule has 0 fully saturated rings. The van der Waals surface area contributed by atoms with Gasteiger partial charge in [-0.1, -0.05) is 181 Å². The lowest BCUT2D eigenvalue weighted by molar-refractivity contribution is 1.14. The van der Waals surface area contributed by atoms with Gasteiger partial charge in [0.15, 0.2) is 11.6 Å². The number of hydrogen-bond acceptors (Lipinski definition) is 4. The maximum Gasteiger partial charge on any atom is 0.160 e. The predicted molar refractivity (Wildman–Crippen MR) is 294 cm³/mol. The summed E-state index contributed by atoms with van der Waals surface area (Å²) < 4.78 is 2.42. The zero-order valence-electron chi connectivity index (χ0n) is 40.1. The average molecular weight is 912 g/mol. The Bertz CT molecular complexity index is 3730. The Morgan fingerprint density at radius 3 is 1.13 bits per heavy atom. The molecule has 12 rings (SSSR count). The lowest BCUT2D eigenvalue weighted by Gasteiger charge is -2.17. The predicted octanol–water partition coefficient (Wildman–Crippen LogP) is 16.9. The zero-order valence-corrected chi connectivity index (χ0v) is 40.1. The normalized spacial score (nSPS) is 11.4. The quantitative estimate of drug-likeness (QED) is 0.145. The van der Waals surface area contributed by atoms with Crippen LogP contribution in [0.1, 0.15) is 22.3 Å². The Morgan fingerprint density at radius 1 is 0.282 bits per heavy atom. The van der Waals surface area contributed by atoms with Crippen LogP contribution in [0, 0.1) is 27.7 Å². The van der Waals surface area contributed by atoms with E-state index in [0.717, 1.165) is 72.9 Å². The first kappa shape index (κ1) is 43.2. The molecule has 0 atom stereocenters. The van der Waals surface area contributed by atoms with E-state index in [4.69, 9.17) is 19.9 Å². The SMILES string of the molecule is Cc1ccc(-c2ccc3c(c2)c2cc(-c4ccc(C)cc4C)ccc2n3-c2ccc(-c3nc(-c4ccccc4)cc(-c4ccccc4)n3)cc2-c2cc(-c3ccccc3)nc(-c3ccccc3)n2)c(C)c1. The van der Waals surface area contributed by atoms with Crippen LogP contribution in [-0.4, -0.2) is 24.5 Å². The van der Waals surface area contributed by atoms with Crippen molar-refractivity contribution in [1.29, 1.82) is 0 Å². The average Bonchev–Trinajstić information content (AvgIpc) is 3.74. The van der Waals surface area contributed by atoms with E-state index in [1.807, 2.05) is 36.4 Å². The molecule has 0 bridgehead atoms. The molecule has 71 heavy (non-hydrogen) atoms. The van der Waals surface area contributed by atoms with Crippen LogP contribution in [0.2, 0.25) is 0 Å². The van der Waals surface area contributed by atoms with Crippen LogP contribution in [0.3, 0.4) is 0 Å². The van der Waals surface area contributed by atoms with Gasteiger partial charge in [0.05, 0.1) is 39.5 Å². The molecule has 0 unspecified atom stereocenters. The van der Waals surface area contributed by atoms with Crippen molar-refractivity contribution in [1.82, 2.24) is 24.5 Å². The smallest absolute Gasteiger partial charge is 0.160 e. The number of hydrogen-bond donors (Lipinski definition) is 0. The fourth-order valence-corrected chi connectivity index (χ4v) is 10.1. The minimum absolute atomic E-state index is 0.622. The molecular weight excluding hydrogens is 863 g/mol. The maximum absolute atomic E-state index is 5.47. The largest absolute Gasteiger partial charge is 0.309 e. The second kappa shape index (κ2) is 18.1. The van der Waals surface area contributed by atoms with Gasteiger partial charge in [0, 0.05) is 44.2 Å². The maximum atomic E-state index is 5.47. The molecule has 5 nitrogen and oxygen atoms in total. The minimum Gasteiger partial charge on any atom is -0.309 e. The van der Waals surface area contributed by atoms with Gasteiger partial charge in [0.2, 0.25) is 0 Å². The van der Waals surface area contributed by atoms with Gasteiger partial charge in [-0.05, 0) is 116 Å². The van der Waals surface area contributed by atoms with E-state index in [0.29, 0.717) is 11.6 Å². The van der Waals surface area contributed by atoms with Crippen molar-refractivity contribution in [3.63, 3.8) is 0 Å². The van der Waals surface area contributed by atoms with E-state index in [-0.39, 0.29) is 0 Å². The van der Waals surface area contributed by atoms with Gasteiger partial charge >= 0.3 is 0 Å². The summed E-state index contributed by atoms with van der Waals surface area (Å²) >= 11 is 0. The standard InChI is InChI=1S/C66H49N5/c1-42-25-30-53(44(3)35-42)50-27-32-62-55(37-50)56-38-51(54-31-26-43(2)36-45(54)4)28-33-63(56)71(62)64-34-29-52(66-68-58(46-17-9-5-10-18-46)40-59(69-66)47-19-11-6-12-20-47)39-57(64)61-41-60(48-21-13-7-14-22-48)67-65(70-61)49-23-15-8-16-24-49/h5-41H,1-4H3. The van der Waals surface area contributed by atoms with E-state index >= 15 is 0 Å². The molecule has 3 aromatic heterocycles. The zero-order chi connectivity index (χ0) is 48.0. The minimum atomic E-state index is 0.622. The van der Waals surface area contributed by atoms with Crippen LogP contribution in [0.4, 0.5) is 0 Å². The Morgan fingerprint density at radius 2 is 0.676 bits per heavy atom. The molecule has 0 radical (unpaired) electrons. The van der Waals surface area contributed by atoms with Crippen LogP contribution < -0.4 is 0 Å².